The van der Waals surface area contributed by atoms with Crippen molar-refractivity contribution >= 4 is 12.0 Å². The van der Waals surface area contributed by atoms with Crippen molar-refractivity contribution in [3.63, 3.8) is 0 Å². The summed E-state index contributed by atoms with van der Waals surface area (Å²) < 4.78 is 2.01. The average molecular weight is 261 g/mol. The molecule has 1 aromatic rings. The third-order valence-corrected chi connectivity index (χ3v) is 3.34. The summed E-state index contributed by atoms with van der Waals surface area (Å²) in [6.07, 6.45) is 1.92. The van der Waals surface area contributed by atoms with Crippen molar-refractivity contribution in [3.05, 3.63) is 33.0 Å². The van der Waals surface area contributed by atoms with Crippen molar-refractivity contribution in [2.75, 3.05) is 0 Å². The van der Waals surface area contributed by atoms with Crippen LogP contribution in [-0.2, 0) is 17.9 Å². The van der Waals surface area contributed by atoms with Crippen LogP contribution in [0.5, 0.6) is 0 Å². The molecule has 19 heavy (non-hydrogen) atoms. The van der Waals surface area contributed by atoms with Crippen LogP contribution in [0.1, 0.15) is 37.9 Å². The summed E-state index contributed by atoms with van der Waals surface area (Å²) in [6, 6.07) is 0. The topological polar surface area (TPSA) is 64.0 Å². The highest BCUT2D eigenvalue weighted by atomic mass is 16.2. The number of allylic oxidation sites excluding steroid dienone is 1. The Balaban J connectivity index is 2.27. The fourth-order valence-electron chi connectivity index (χ4n) is 2.13. The smallest absolute Gasteiger partial charge is 0.278 e. The normalized spacial score (nSPS) is 13.4. The lowest BCUT2D eigenvalue weighted by Crippen LogP contribution is -2.32. The zero-order valence-electron chi connectivity index (χ0n) is 11.8. The van der Waals surface area contributed by atoms with E-state index >= 15 is 0 Å². The van der Waals surface area contributed by atoms with Crippen molar-refractivity contribution in [3.8, 4) is 0 Å². The number of hydrogen-bond donors (Lipinski definition) is 1. The second kappa shape index (κ2) is 4.99. The van der Waals surface area contributed by atoms with Gasteiger partial charge < -0.3 is 9.88 Å². The number of amides is 1. The van der Waals surface area contributed by atoms with Crippen LogP contribution in [0.2, 0.25) is 0 Å². The molecule has 2 rings (SSSR count). The highest BCUT2D eigenvalue weighted by molar-refractivity contribution is 5.77. The third kappa shape index (κ3) is 2.59. The molecule has 0 fully saturated rings. The highest BCUT2D eigenvalue weighted by Crippen LogP contribution is 2.18. The standard InChI is InChI=1S/C14H19N3O2/c1-8(2)13(18)15-6-11-10(4)17-7-9(3)5-12(17)16-14(11)19/h5,8H,6-7H2,1-4H3,(H,15,18). The van der Waals surface area contributed by atoms with E-state index in [-0.39, 0.29) is 23.9 Å². The SMILES string of the molecule is CC1=Cc2nc(=O)c(CNC(=O)C(C)C)c(C)n2C1. The molecule has 5 nitrogen and oxygen atoms in total. The maximum Gasteiger partial charge on any atom is 0.278 e. The summed E-state index contributed by atoms with van der Waals surface area (Å²) in [5, 5.41) is 2.77. The first kappa shape index (κ1) is 13.5. The number of nitrogens with zero attached hydrogens (tertiary/aromatic N) is 2. The van der Waals surface area contributed by atoms with E-state index < -0.39 is 0 Å². The second-order valence-electron chi connectivity index (χ2n) is 5.29. The van der Waals surface area contributed by atoms with Crippen LogP contribution < -0.4 is 10.9 Å². The van der Waals surface area contributed by atoms with E-state index in [1.54, 1.807) is 0 Å². The molecule has 1 amide bonds. The highest BCUT2D eigenvalue weighted by Gasteiger charge is 2.17. The molecule has 1 aromatic heterocycles. The lowest BCUT2D eigenvalue weighted by molar-refractivity contribution is -0.124. The van der Waals surface area contributed by atoms with Crippen LogP contribution in [-0.4, -0.2) is 15.5 Å². The van der Waals surface area contributed by atoms with Gasteiger partial charge in [-0.2, -0.15) is 4.98 Å². The van der Waals surface area contributed by atoms with Crippen molar-refractivity contribution in [1.82, 2.24) is 14.9 Å². The fraction of sp³-hybridized carbons (Fsp3) is 0.500. The molecular weight excluding hydrogens is 242 g/mol. The van der Waals surface area contributed by atoms with Crippen molar-refractivity contribution in [2.24, 2.45) is 5.92 Å². The van der Waals surface area contributed by atoms with E-state index in [1.807, 2.05) is 38.3 Å². The van der Waals surface area contributed by atoms with Crippen LogP contribution >= 0.6 is 0 Å². The predicted octanol–water partition coefficient (Wildman–Crippen LogP) is 1.24. The predicted molar refractivity (Wildman–Crippen MR) is 73.6 cm³/mol. The van der Waals surface area contributed by atoms with Crippen molar-refractivity contribution < 1.29 is 4.79 Å². The number of carbonyl (C=O) groups excluding carboxylic acids is 1. The minimum absolute atomic E-state index is 0.0568. The summed E-state index contributed by atoms with van der Waals surface area (Å²) in [4.78, 5) is 27.6. The van der Waals surface area contributed by atoms with Crippen LogP contribution in [0.4, 0.5) is 0 Å². The molecule has 1 N–H and O–H groups in total. The zero-order chi connectivity index (χ0) is 14.2. The molecule has 0 saturated carbocycles. The first-order valence-electron chi connectivity index (χ1n) is 6.45. The van der Waals surface area contributed by atoms with Gasteiger partial charge in [0.2, 0.25) is 5.91 Å². The van der Waals surface area contributed by atoms with Gasteiger partial charge in [-0.3, -0.25) is 9.59 Å². The molecule has 5 heteroatoms. The Bertz CT molecular complexity index is 612. The number of nitrogens with one attached hydrogen (secondary N) is 1. The summed E-state index contributed by atoms with van der Waals surface area (Å²) in [5.74, 6) is 0.562. The van der Waals surface area contributed by atoms with Gasteiger partial charge in [0.05, 0.1) is 12.1 Å². The maximum atomic E-state index is 12.0. The van der Waals surface area contributed by atoms with E-state index in [4.69, 9.17) is 0 Å². The summed E-state index contributed by atoms with van der Waals surface area (Å²) in [7, 11) is 0. The third-order valence-electron chi connectivity index (χ3n) is 3.34. The van der Waals surface area contributed by atoms with Gasteiger partial charge in [-0.05, 0) is 25.5 Å². The van der Waals surface area contributed by atoms with Crippen molar-refractivity contribution in [1.29, 1.82) is 0 Å². The fourth-order valence-corrected chi connectivity index (χ4v) is 2.13. The van der Waals surface area contributed by atoms with Crippen LogP contribution in [0, 0.1) is 12.8 Å². The lowest BCUT2D eigenvalue weighted by atomic mass is 10.2. The number of hydrogen-bond acceptors (Lipinski definition) is 3. The molecular formula is C14H19N3O2. The Labute approximate surface area is 112 Å². The molecule has 0 saturated heterocycles. The van der Waals surface area contributed by atoms with Gasteiger partial charge >= 0.3 is 0 Å². The molecule has 1 aliphatic heterocycles. The number of carbonyl (C=O) groups is 1. The number of rotatable bonds is 3. The maximum absolute atomic E-state index is 12.0. The molecule has 1 aliphatic rings. The molecule has 0 aliphatic carbocycles. The van der Waals surface area contributed by atoms with Crippen LogP contribution in [0.25, 0.3) is 6.08 Å². The van der Waals surface area contributed by atoms with Crippen LogP contribution in [0.15, 0.2) is 10.4 Å². The summed E-state index contributed by atoms with van der Waals surface area (Å²) in [6.45, 7) is 8.56. The van der Waals surface area contributed by atoms with Crippen LogP contribution in [0.3, 0.4) is 0 Å². The Kier molecular flexibility index (Phi) is 3.55. The van der Waals surface area contributed by atoms with E-state index in [0.717, 1.165) is 12.2 Å². The average Bonchev–Trinajstić information content (AvgIpc) is 2.69. The van der Waals surface area contributed by atoms with E-state index in [9.17, 15) is 9.59 Å². The number of aromatic nitrogens is 2. The first-order chi connectivity index (χ1) is 8.90. The second-order valence-corrected chi connectivity index (χ2v) is 5.29. The Hall–Kier alpha value is -1.91. The molecule has 0 bridgehead atoms. The zero-order valence-corrected chi connectivity index (χ0v) is 11.8. The lowest BCUT2D eigenvalue weighted by Gasteiger charge is -2.14. The molecule has 2 heterocycles. The van der Waals surface area contributed by atoms with E-state index in [1.165, 1.54) is 5.57 Å². The minimum atomic E-state index is -0.251. The molecule has 102 valence electrons. The van der Waals surface area contributed by atoms with Gasteiger partial charge in [-0.1, -0.05) is 13.8 Å². The summed E-state index contributed by atoms with van der Waals surface area (Å²) >= 11 is 0. The van der Waals surface area contributed by atoms with Crippen molar-refractivity contribution in [2.45, 2.75) is 40.8 Å². The molecule has 0 spiro atoms. The minimum Gasteiger partial charge on any atom is -0.352 e. The van der Waals surface area contributed by atoms with Gasteiger partial charge in [0.15, 0.2) is 0 Å². The Morgan fingerprint density at radius 2 is 2.16 bits per heavy atom. The molecule has 0 atom stereocenters. The van der Waals surface area contributed by atoms with Gasteiger partial charge in [0.1, 0.15) is 5.82 Å². The molecule has 0 unspecified atom stereocenters. The van der Waals surface area contributed by atoms with E-state index in [2.05, 4.69) is 10.3 Å². The first-order valence-corrected chi connectivity index (χ1v) is 6.45. The van der Waals surface area contributed by atoms with Gasteiger partial charge in [0.25, 0.3) is 5.56 Å². The van der Waals surface area contributed by atoms with Gasteiger partial charge in [-0.25, -0.2) is 0 Å². The Morgan fingerprint density at radius 1 is 1.47 bits per heavy atom. The molecule has 0 aromatic carbocycles. The summed E-state index contributed by atoms with van der Waals surface area (Å²) in [5.41, 5.74) is 2.38. The Morgan fingerprint density at radius 3 is 2.79 bits per heavy atom. The number of fused-ring (bicyclic) bond motifs is 1. The van der Waals surface area contributed by atoms with Gasteiger partial charge in [-0.15, -0.1) is 0 Å². The quantitative estimate of drug-likeness (QED) is 0.890. The van der Waals surface area contributed by atoms with E-state index in [0.29, 0.717) is 11.4 Å². The largest absolute Gasteiger partial charge is 0.352 e. The monoisotopic (exact) mass is 261 g/mol. The molecule has 0 radical (unpaired) electrons. The van der Waals surface area contributed by atoms with Gasteiger partial charge in [0, 0.05) is 18.2 Å².